The number of halogens is 1. The summed E-state index contributed by atoms with van der Waals surface area (Å²) in [4.78, 5) is 0. The molecule has 0 fully saturated rings. The van der Waals surface area contributed by atoms with E-state index in [1.54, 1.807) is 0 Å². The minimum Gasteiger partial charge on any atom is -0.369 e. The monoisotopic (exact) mass is 213 g/mol. The molecule has 1 aromatic heterocycles. The van der Waals surface area contributed by atoms with Crippen molar-refractivity contribution in [3.8, 4) is 0 Å². The molecule has 0 unspecified atom stereocenters. The first kappa shape index (κ1) is 9.84. The molecule has 0 amide bonds. The van der Waals surface area contributed by atoms with Crippen LogP contribution in [0, 0.1) is 5.92 Å². The smallest absolute Gasteiger partial charge is 0.143 e. The largest absolute Gasteiger partial charge is 0.369 e. The Morgan fingerprint density at radius 3 is 3.00 bits per heavy atom. The second kappa shape index (κ2) is 3.81. The number of aryl methyl sites for hydroxylation is 1. The number of nitrogens with one attached hydrogen (secondary N) is 1. The Hall–Kier alpha value is -0.700. The van der Waals surface area contributed by atoms with Gasteiger partial charge in [-0.2, -0.15) is 5.10 Å². The number of fused-ring (bicyclic) bond motifs is 1. The Labute approximate surface area is 89.4 Å². The average molecular weight is 214 g/mol. The molecule has 0 saturated carbocycles. The van der Waals surface area contributed by atoms with Crippen LogP contribution in [-0.4, -0.2) is 16.3 Å². The van der Waals surface area contributed by atoms with E-state index in [1.165, 1.54) is 0 Å². The van der Waals surface area contributed by atoms with Crippen molar-refractivity contribution in [1.29, 1.82) is 0 Å². The molecule has 1 N–H and O–H groups in total. The molecule has 0 spiro atoms. The fourth-order valence-corrected chi connectivity index (χ4v) is 2.05. The SMILES string of the molecule is CC(C)Cc1nn2c(c1Cl)NCCC2. The van der Waals surface area contributed by atoms with Gasteiger partial charge in [0.2, 0.25) is 0 Å². The summed E-state index contributed by atoms with van der Waals surface area (Å²) in [6.45, 7) is 6.36. The van der Waals surface area contributed by atoms with Crippen LogP contribution in [0.25, 0.3) is 0 Å². The highest BCUT2D eigenvalue weighted by Gasteiger charge is 2.18. The number of rotatable bonds is 2. The van der Waals surface area contributed by atoms with E-state index >= 15 is 0 Å². The number of hydrogen-bond donors (Lipinski definition) is 1. The molecule has 2 heterocycles. The van der Waals surface area contributed by atoms with Crippen molar-refractivity contribution in [3.63, 3.8) is 0 Å². The van der Waals surface area contributed by atoms with E-state index in [-0.39, 0.29) is 0 Å². The van der Waals surface area contributed by atoms with Crippen molar-refractivity contribution < 1.29 is 0 Å². The Balaban J connectivity index is 2.29. The zero-order valence-electron chi connectivity index (χ0n) is 8.68. The van der Waals surface area contributed by atoms with Gasteiger partial charge < -0.3 is 5.32 Å². The maximum Gasteiger partial charge on any atom is 0.143 e. The maximum atomic E-state index is 6.24. The van der Waals surface area contributed by atoms with Crippen LogP contribution in [-0.2, 0) is 13.0 Å². The number of aromatic nitrogens is 2. The van der Waals surface area contributed by atoms with Gasteiger partial charge in [-0.1, -0.05) is 25.4 Å². The van der Waals surface area contributed by atoms with Crippen LogP contribution in [0.3, 0.4) is 0 Å². The topological polar surface area (TPSA) is 29.9 Å². The number of hydrogen-bond acceptors (Lipinski definition) is 2. The molecular formula is C10H16ClN3. The van der Waals surface area contributed by atoms with Crippen molar-refractivity contribution >= 4 is 17.4 Å². The predicted octanol–water partition coefficient (Wildman–Crippen LogP) is 2.55. The molecule has 1 aromatic rings. The molecule has 3 nitrogen and oxygen atoms in total. The lowest BCUT2D eigenvalue weighted by Crippen LogP contribution is -2.17. The summed E-state index contributed by atoms with van der Waals surface area (Å²) in [6, 6.07) is 0. The molecule has 1 aliphatic rings. The second-order valence-corrected chi connectivity index (χ2v) is 4.59. The Morgan fingerprint density at radius 1 is 1.57 bits per heavy atom. The molecule has 0 saturated heterocycles. The van der Waals surface area contributed by atoms with Gasteiger partial charge in [-0.05, 0) is 18.8 Å². The first-order valence-corrected chi connectivity index (χ1v) is 5.55. The number of nitrogens with zero attached hydrogens (tertiary/aromatic N) is 2. The van der Waals surface area contributed by atoms with Gasteiger partial charge in [0, 0.05) is 13.1 Å². The Kier molecular flexibility index (Phi) is 2.68. The van der Waals surface area contributed by atoms with E-state index in [4.69, 9.17) is 11.6 Å². The van der Waals surface area contributed by atoms with Gasteiger partial charge in [-0.3, -0.25) is 0 Å². The quantitative estimate of drug-likeness (QED) is 0.819. The summed E-state index contributed by atoms with van der Waals surface area (Å²) in [5, 5.41) is 8.62. The summed E-state index contributed by atoms with van der Waals surface area (Å²) in [7, 11) is 0. The lowest BCUT2D eigenvalue weighted by atomic mass is 10.1. The summed E-state index contributed by atoms with van der Waals surface area (Å²) in [6.07, 6.45) is 2.09. The molecule has 78 valence electrons. The van der Waals surface area contributed by atoms with Gasteiger partial charge in [0.15, 0.2) is 0 Å². The molecule has 0 bridgehead atoms. The lowest BCUT2D eigenvalue weighted by molar-refractivity contribution is 0.550. The summed E-state index contributed by atoms with van der Waals surface area (Å²) >= 11 is 6.24. The van der Waals surface area contributed by atoms with E-state index in [0.717, 1.165) is 42.5 Å². The van der Waals surface area contributed by atoms with Crippen molar-refractivity contribution in [1.82, 2.24) is 9.78 Å². The third-order valence-corrected chi connectivity index (χ3v) is 2.80. The van der Waals surface area contributed by atoms with Crippen LogP contribution in [0.5, 0.6) is 0 Å². The molecular weight excluding hydrogens is 198 g/mol. The Morgan fingerprint density at radius 2 is 2.36 bits per heavy atom. The van der Waals surface area contributed by atoms with Gasteiger partial charge >= 0.3 is 0 Å². The predicted molar refractivity (Wildman–Crippen MR) is 58.9 cm³/mol. The molecule has 14 heavy (non-hydrogen) atoms. The second-order valence-electron chi connectivity index (χ2n) is 4.21. The molecule has 0 aliphatic carbocycles. The summed E-state index contributed by atoms with van der Waals surface area (Å²) in [5.41, 5.74) is 1.03. The van der Waals surface area contributed by atoms with Crippen LogP contribution >= 0.6 is 11.6 Å². The first-order chi connectivity index (χ1) is 6.68. The zero-order valence-corrected chi connectivity index (χ0v) is 9.43. The van der Waals surface area contributed by atoms with Gasteiger partial charge in [-0.25, -0.2) is 4.68 Å². The Bertz CT molecular complexity index is 330. The molecule has 2 rings (SSSR count). The minimum absolute atomic E-state index is 0.601. The summed E-state index contributed by atoms with van der Waals surface area (Å²) in [5.74, 6) is 1.61. The van der Waals surface area contributed by atoms with Crippen molar-refractivity contribution in [3.05, 3.63) is 10.7 Å². The minimum atomic E-state index is 0.601. The maximum absolute atomic E-state index is 6.24. The standard InChI is InChI=1S/C10H16ClN3/c1-7(2)6-8-9(11)10-12-4-3-5-14(10)13-8/h7,12H,3-6H2,1-2H3. The summed E-state index contributed by atoms with van der Waals surface area (Å²) < 4.78 is 1.99. The zero-order chi connectivity index (χ0) is 10.1. The van der Waals surface area contributed by atoms with E-state index < -0.39 is 0 Å². The average Bonchev–Trinajstić information content (AvgIpc) is 2.44. The van der Waals surface area contributed by atoms with E-state index in [0.29, 0.717) is 5.92 Å². The lowest BCUT2D eigenvalue weighted by Gasteiger charge is -2.15. The van der Waals surface area contributed by atoms with Crippen LogP contribution in [0.15, 0.2) is 0 Å². The van der Waals surface area contributed by atoms with Crippen molar-refractivity contribution in [2.24, 2.45) is 5.92 Å². The van der Waals surface area contributed by atoms with Gasteiger partial charge in [0.1, 0.15) is 10.8 Å². The van der Waals surface area contributed by atoms with Crippen molar-refractivity contribution in [2.45, 2.75) is 33.2 Å². The van der Waals surface area contributed by atoms with E-state index in [9.17, 15) is 0 Å². The highest BCUT2D eigenvalue weighted by molar-refractivity contribution is 6.33. The van der Waals surface area contributed by atoms with Crippen LogP contribution in [0.1, 0.15) is 26.0 Å². The third kappa shape index (κ3) is 1.73. The van der Waals surface area contributed by atoms with Gasteiger partial charge in [0.25, 0.3) is 0 Å². The van der Waals surface area contributed by atoms with Crippen molar-refractivity contribution in [2.75, 3.05) is 11.9 Å². The third-order valence-electron chi connectivity index (χ3n) is 2.40. The molecule has 0 radical (unpaired) electrons. The first-order valence-electron chi connectivity index (χ1n) is 5.17. The van der Waals surface area contributed by atoms with E-state index in [2.05, 4.69) is 24.3 Å². The van der Waals surface area contributed by atoms with Crippen LogP contribution in [0.4, 0.5) is 5.82 Å². The fraction of sp³-hybridized carbons (Fsp3) is 0.700. The van der Waals surface area contributed by atoms with Crippen LogP contribution in [0.2, 0.25) is 5.02 Å². The highest BCUT2D eigenvalue weighted by atomic mass is 35.5. The van der Waals surface area contributed by atoms with Crippen LogP contribution < -0.4 is 5.32 Å². The molecule has 1 aliphatic heterocycles. The molecule has 0 atom stereocenters. The fourth-order valence-electron chi connectivity index (χ4n) is 1.77. The highest BCUT2D eigenvalue weighted by Crippen LogP contribution is 2.29. The van der Waals surface area contributed by atoms with E-state index in [1.807, 2.05) is 4.68 Å². The molecule has 0 aromatic carbocycles. The normalized spacial score (nSPS) is 15.4. The van der Waals surface area contributed by atoms with Gasteiger partial charge in [-0.15, -0.1) is 0 Å². The number of anilines is 1. The molecule has 4 heteroatoms. The van der Waals surface area contributed by atoms with Gasteiger partial charge in [0.05, 0.1) is 5.69 Å².